The molecule has 1 amide bonds. The summed E-state index contributed by atoms with van der Waals surface area (Å²) in [6.07, 6.45) is 6.04. The molecule has 3 aromatic rings. The van der Waals surface area contributed by atoms with Gasteiger partial charge in [0.2, 0.25) is 5.88 Å². The Kier molecular flexibility index (Phi) is 5.37. The first-order valence-electron chi connectivity index (χ1n) is 9.61. The molecule has 0 bridgehead atoms. The Labute approximate surface area is 163 Å². The van der Waals surface area contributed by atoms with Gasteiger partial charge in [0.05, 0.1) is 11.1 Å². The summed E-state index contributed by atoms with van der Waals surface area (Å²) in [5.41, 5.74) is 3.18. The van der Waals surface area contributed by atoms with Crippen LogP contribution in [0.25, 0.3) is 11.3 Å². The van der Waals surface area contributed by atoms with Gasteiger partial charge in [-0.3, -0.25) is 4.79 Å². The molecule has 144 valence electrons. The van der Waals surface area contributed by atoms with Crippen molar-refractivity contribution in [2.75, 3.05) is 0 Å². The van der Waals surface area contributed by atoms with Crippen LogP contribution >= 0.6 is 0 Å². The summed E-state index contributed by atoms with van der Waals surface area (Å²) in [5, 5.41) is 7.22. The van der Waals surface area contributed by atoms with Crippen LogP contribution < -0.4 is 10.1 Å². The minimum Gasteiger partial charge on any atom is -0.473 e. The van der Waals surface area contributed by atoms with E-state index in [1.54, 1.807) is 18.3 Å². The molecule has 1 saturated carbocycles. The smallest absolute Gasteiger partial charge is 0.253 e. The number of ether oxygens (including phenoxy) is 1. The number of hydrogen-bond donors (Lipinski definition) is 1. The molecule has 4 rings (SSSR count). The van der Waals surface area contributed by atoms with Gasteiger partial charge in [0, 0.05) is 23.9 Å². The van der Waals surface area contributed by atoms with Crippen molar-refractivity contribution < 1.29 is 14.1 Å². The molecule has 1 aliphatic rings. The molecule has 0 unspecified atom stereocenters. The van der Waals surface area contributed by atoms with Gasteiger partial charge in [-0.2, -0.15) is 0 Å². The maximum absolute atomic E-state index is 12.3. The molecule has 1 aliphatic carbocycles. The molecular formula is C22H23N3O3. The Morgan fingerprint density at radius 3 is 2.68 bits per heavy atom. The van der Waals surface area contributed by atoms with Gasteiger partial charge in [0.1, 0.15) is 18.1 Å². The lowest BCUT2D eigenvalue weighted by atomic mass is 10.1. The Hall–Kier alpha value is -3.15. The average Bonchev–Trinajstić information content (AvgIpc) is 3.37. The van der Waals surface area contributed by atoms with E-state index in [0.29, 0.717) is 23.8 Å². The minimum absolute atomic E-state index is 0.0767. The highest BCUT2D eigenvalue weighted by atomic mass is 16.5. The van der Waals surface area contributed by atoms with E-state index in [4.69, 9.17) is 9.26 Å². The molecule has 2 aromatic heterocycles. The van der Waals surface area contributed by atoms with Gasteiger partial charge in [0.25, 0.3) is 5.91 Å². The molecule has 28 heavy (non-hydrogen) atoms. The molecule has 0 radical (unpaired) electrons. The van der Waals surface area contributed by atoms with Crippen LogP contribution in [-0.4, -0.2) is 22.1 Å². The SMILES string of the molecule is Cc1onc(-c2ccccc2)c1COc1ccc(C(=O)NC2CCCC2)cn1. The van der Waals surface area contributed by atoms with E-state index in [2.05, 4.69) is 15.5 Å². The number of benzene rings is 1. The second-order valence-electron chi connectivity index (χ2n) is 7.06. The first kappa shape index (κ1) is 18.2. The molecule has 0 saturated heterocycles. The van der Waals surface area contributed by atoms with Crippen LogP contribution in [0.4, 0.5) is 0 Å². The fourth-order valence-electron chi connectivity index (χ4n) is 3.47. The number of aryl methyl sites for hydroxylation is 1. The van der Waals surface area contributed by atoms with Crippen LogP contribution in [-0.2, 0) is 6.61 Å². The summed E-state index contributed by atoms with van der Waals surface area (Å²) in [7, 11) is 0. The Morgan fingerprint density at radius 2 is 1.96 bits per heavy atom. The summed E-state index contributed by atoms with van der Waals surface area (Å²) in [4.78, 5) is 16.6. The maximum Gasteiger partial charge on any atom is 0.253 e. The van der Waals surface area contributed by atoms with Crippen molar-refractivity contribution in [2.45, 2.75) is 45.3 Å². The summed E-state index contributed by atoms with van der Waals surface area (Å²) in [6.45, 7) is 2.15. The van der Waals surface area contributed by atoms with E-state index in [-0.39, 0.29) is 11.9 Å². The van der Waals surface area contributed by atoms with Gasteiger partial charge in [0.15, 0.2) is 0 Å². The van der Waals surface area contributed by atoms with Crippen molar-refractivity contribution in [3.8, 4) is 17.1 Å². The number of aromatic nitrogens is 2. The van der Waals surface area contributed by atoms with E-state index in [9.17, 15) is 4.79 Å². The van der Waals surface area contributed by atoms with Crippen LogP contribution in [0.15, 0.2) is 53.2 Å². The van der Waals surface area contributed by atoms with Crippen LogP contribution in [0.3, 0.4) is 0 Å². The summed E-state index contributed by atoms with van der Waals surface area (Å²) >= 11 is 0. The lowest BCUT2D eigenvalue weighted by Gasteiger charge is -2.12. The van der Waals surface area contributed by atoms with Gasteiger partial charge in [-0.05, 0) is 25.8 Å². The zero-order chi connectivity index (χ0) is 19.3. The molecule has 2 heterocycles. The zero-order valence-electron chi connectivity index (χ0n) is 15.9. The topological polar surface area (TPSA) is 77.2 Å². The van der Waals surface area contributed by atoms with Crippen molar-refractivity contribution in [3.63, 3.8) is 0 Å². The predicted molar refractivity (Wildman–Crippen MR) is 105 cm³/mol. The van der Waals surface area contributed by atoms with Crippen molar-refractivity contribution in [2.24, 2.45) is 0 Å². The molecule has 0 aliphatic heterocycles. The molecule has 6 heteroatoms. The van der Waals surface area contributed by atoms with E-state index >= 15 is 0 Å². The number of hydrogen-bond acceptors (Lipinski definition) is 5. The highest BCUT2D eigenvalue weighted by Crippen LogP contribution is 2.26. The zero-order valence-corrected chi connectivity index (χ0v) is 15.9. The maximum atomic E-state index is 12.3. The van der Waals surface area contributed by atoms with Crippen LogP contribution in [0.1, 0.15) is 47.4 Å². The summed E-state index contributed by atoms with van der Waals surface area (Å²) in [5.74, 6) is 1.09. The standard InChI is InChI=1S/C22H23N3O3/c1-15-19(21(25-28-15)16-7-3-2-4-8-16)14-27-20-12-11-17(13-23-20)22(26)24-18-9-5-6-10-18/h2-4,7-8,11-13,18H,5-6,9-10,14H2,1H3,(H,24,26). The number of carbonyl (C=O) groups excluding carboxylic acids is 1. The van der Waals surface area contributed by atoms with Crippen molar-refractivity contribution in [1.29, 1.82) is 0 Å². The number of nitrogens with zero attached hydrogens (tertiary/aromatic N) is 2. The van der Waals surface area contributed by atoms with Crippen LogP contribution in [0.2, 0.25) is 0 Å². The van der Waals surface area contributed by atoms with Gasteiger partial charge in [-0.1, -0.05) is 48.3 Å². The molecular weight excluding hydrogens is 354 g/mol. The number of pyridine rings is 1. The van der Waals surface area contributed by atoms with Crippen molar-refractivity contribution in [3.05, 3.63) is 65.5 Å². The molecule has 1 fully saturated rings. The second kappa shape index (κ2) is 8.25. The summed E-state index contributed by atoms with van der Waals surface area (Å²) < 4.78 is 11.2. The number of nitrogens with one attached hydrogen (secondary N) is 1. The predicted octanol–water partition coefficient (Wildman–Crippen LogP) is 4.30. The Bertz CT molecular complexity index is 929. The Balaban J connectivity index is 1.40. The van der Waals surface area contributed by atoms with E-state index in [1.807, 2.05) is 37.3 Å². The normalized spacial score (nSPS) is 14.2. The molecule has 1 aromatic carbocycles. The second-order valence-corrected chi connectivity index (χ2v) is 7.06. The minimum atomic E-state index is -0.0767. The Morgan fingerprint density at radius 1 is 1.18 bits per heavy atom. The van der Waals surface area contributed by atoms with Crippen LogP contribution in [0.5, 0.6) is 5.88 Å². The van der Waals surface area contributed by atoms with Crippen LogP contribution in [0, 0.1) is 6.92 Å². The first-order chi connectivity index (χ1) is 13.7. The fourth-order valence-corrected chi connectivity index (χ4v) is 3.47. The number of amides is 1. The highest BCUT2D eigenvalue weighted by molar-refractivity contribution is 5.94. The van der Waals surface area contributed by atoms with E-state index < -0.39 is 0 Å². The largest absolute Gasteiger partial charge is 0.473 e. The number of rotatable bonds is 6. The van der Waals surface area contributed by atoms with Gasteiger partial charge in [-0.25, -0.2) is 4.98 Å². The van der Waals surface area contributed by atoms with Crippen molar-refractivity contribution >= 4 is 5.91 Å². The third-order valence-corrected chi connectivity index (χ3v) is 5.09. The lowest BCUT2D eigenvalue weighted by Crippen LogP contribution is -2.32. The monoisotopic (exact) mass is 377 g/mol. The molecule has 0 atom stereocenters. The third kappa shape index (κ3) is 4.06. The summed E-state index contributed by atoms with van der Waals surface area (Å²) in [6, 6.07) is 13.6. The van der Waals surface area contributed by atoms with Gasteiger partial charge < -0.3 is 14.6 Å². The molecule has 0 spiro atoms. The van der Waals surface area contributed by atoms with Gasteiger partial charge in [-0.15, -0.1) is 0 Å². The molecule has 1 N–H and O–H groups in total. The van der Waals surface area contributed by atoms with E-state index in [1.165, 1.54) is 12.8 Å². The lowest BCUT2D eigenvalue weighted by molar-refractivity contribution is 0.0937. The number of carbonyl (C=O) groups is 1. The highest BCUT2D eigenvalue weighted by Gasteiger charge is 2.18. The van der Waals surface area contributed by atoms with Gasteiger partial charge >= 0.3 is 0 Å². The van der Waals surface area contributed by atoms with Crippen molar-refractivity contribution in [1.82, 2.24) is 15.5 Å². The molecule has 6 nitrogen and oxygen atoms in total. The average molecular weight is 377 g/mol. The first-order valence-corrected chi connectivity index (χ1v) is 9.61. The quantitative estimate of drug-likeness (QED) is 0.693. The van der Waals surface area contributed by atoms with E-state index in [0.717, 1.165) is 29.7 Å². The third-order valence-electron chi connectivity index (χ3n) is 5.09. The fraction of sp³-hybridized carbons (Fsp3) is 0.318.